The highest BCUT2D eigenvalue weighted by molar-refractivity contribution is 7.80. The monoisotopic (exact) mass is 343 g/mol. The number of nitrogens with two attached hydrogens (primary N) is 1. The first-order valence-electron chi connectivity index (χ1n) is 7.48. The Balaban J connectivity index is 1.94. The molecular formula is C16H17N5O2S. The van der Waals surface area contributed by atoms with Gasteiger partial charge in [0.15, 0.2) is 5.16 Å². The summed E-state index contributed by atoms with van der Waals surface area (Å²) in [6.07, 6.45) is 1.23. The number of carbonyl (C=O) groups excluding carboxylic acids is 1. The van der Waals surface area contributed by atoms with E-state index in [-0.39, 0.29) is 11.3 Å². The van der Waals surface area contributed by atoms with Crippen LogP contribution in [0, 0.1) is 17.2 Å². The molecule has 2 N–H and O–H groups in total. The Labute approximate surface area is 144 Å². The van der Waals surface area contributed by atoms with Crippen LogP contribution in [0.5, 0.6) is 5.75 Å². The van der Waals surface area contributed by atoms with Crippen molar-refractivity contribution >= 4 is 18.7 Å². The summed E-state index contributed by atoms with van der Waals surface area (Å²) < 4.78 is 6.81. The maximum Gasteiger partial charge on any atom is 0.409 e. The molecule has 24 heavy (non-hydrogen) atoms. The van der Waals surface area contributed by atoms with Crippen LogP contribution in [0.25, 0.3) is 0 Å². The molecule has 0 saturated heterocycles. The first-order chi connectivity index (χ1) is 11.4. The largest absolute Gasteiger partial charge is 0.410 e. The molecule has 0 bridgehead atoms. The van der Waals surface area contributed by atoms with Crippen molar-refractivity contribution in [2.75, 3.05) is 0 Å². The number of nitriles is 1. The van der Waals surface area contributed by atoms with Crippen molar-refractivity contribution in [3.8, 4) is 11.8 Å². The smallest absolute Gasteiger partial charge is 0.409 e. The van der Waals surface area contributed by atoms with Crippen molar-refractivity contribution in [1.82, 2.24) is 14.8 Å². The molecule has 1 aromatic carbocycles. The molecule has 0 radical (unpaired) electrons. The summed E-state index contributed by atoms with van der Waals surface area (Å²) in [6.45, 7) is 0. The van der Waals surface area contributed by atoms with Crippen molar-refractivity contribution in [3.63, 3.8) is 0 Å². The number of thiol groups is 1. The molecule has 0 atom stereocenters. The number of ether oxygens (including phenoxy) is 1. The van der Waals surface area contributed by atoms with Crippen molar-refractivity contribution in [2.45, 2.75) is 29.8 Å². The van der Waals surface area contributed by atoms with Crippen LogP contribution in [0.4, 0.5) is 4.79 Å². The van der Waals surface area contributed by atoms with Gasteiger partial charge in [0.2, 0.25) is 0 Å². The molecule has 3 rings (SSSR count). The lowest BCUT2D eigenvalue weighted by atomic mass is 9.57. The Hall–Kier alpha value is -2.53. The van der Waals surface area contributed by atoms with Gasteiger partial charge in [-0.1, -0.05) is 12.1 Å². The number of rotatable bonds is 4. The van der Waals surface area contributed by atoms with E-state index in [9.17, 15) is 10.1 Å². The number of carbonyl (C=O) groups is 1. The van der Waals surface area contributed by atoms with Crippen LogP contribution in [0.1, 0.15) is 24.2 Å². The van der Waals surface area contributed by atoms with Gasteiger partial charge in [0.25, 0.3) is 0 Å². The Bertz CT molecular complexity index is 820. The SMILES string of the molecule is Cn1c(S)nnc1C[C@]1(c2cccc(OC(N)=O)c2)C[C@H](C#N)C1. The van der Waals surface area contributed by atoms with Gasteiger partial charge in [0.05, 0.1) is 6.07 Å². The van der Waals surface area contributed by atoms with E-state index in [1.165, 1.54) is 0 Å². The number of benzene rings is 1. The van der Waals surface area contributed by atoms with Gasteiger partial charge >= 0.3 is 6.09 Å². The predicted octanol–water partition coefficient (Wildman–Crippen LogP) is 1.98. The highest BCUT2D eigenvalue weighted by atomic mass is 32.1. The van der Waals surface area contributed by atoms with E-state index >= 15 is 0 Å². The van der Waals surface area contributed by atoms with Crippen molar-refractivity contribution < 1.29 is 9.53 Å². The average molecular weight is 343 g/mol. The summed E-state index contributed by atoms with van der Waals surface area (Å²) in [5, 5.41) is 17.9. The fraction of sp³-hybridized carbons (Fsp3) is 0.375. The van der Waals surface area contributed by atoms with Crippen LogP contribution in [0.2, 0.25) is 0 Å². The quantitative estimate of drug-likeness (QED) is 0.826. The third-order valence-corrected chi connectivity index (χ3v) is 4.95. The average Bonchev–Trinajstić information content (AvgIpc) is 2.81. The van der Waals surface area contributed by atoms with Gasteiger partial charge in [-0.05, 0) is 30.5 Å². The first-order valence-corrected chi connectivity index (χ1v) is 7.93. The van der Waals surface area contributed by atoms with Crippen molar-refractivity contribution in [3.05, 3.63) is 35.7 Å². The second-order valence-electron chi connectivity index (χ2n) is 6.12. The van der Waals surface area contributed by atoms with E-state index in [1.54, 1.807) is 12.1 Å². The minimum Gasteiger partial charge on any atom is -0.410 e. The summed E-state index contributed by atoms with van der Waals surface area (Å²) in [4.78, 5) is 11.0. The van der Waals surface area contributed by atoms with Crippen molar-refractivity contribution in [2.24, 2.45) is 18.7 Å². The van der Waals surface area contributed by atoms with Gasteiger partial charge in [-0.15, -0.1) is 22.8 Å². The van der Waals surface area contributed by atoms with Crippen molar-refractivity contribution in [1.29, 1.82) is 5.26 Å². The molecule has 0 spiro atoms. The fourth-order valence-electron chi connectivity index (χ4n) is 3.27. The molecule has 1 amide bonds. The Morgan fingerprint density at radius 3 is 2.88 bits per heavy atom. The molecule has 8 heteroatoms. The molecular weight excluding hydrogens is 326 g/mol. The molecule has 124 valence electrons. The van der Waals surface area contributed by atoms with E-state index in [2.05, 4.69) is 28.9 Å². The Morgan fingerprint density at radius 2 is 2.29 bits per heavy atom. The Kier molecular flexibility index (Phi) is 4.20. The normalized spacial score (nSPS) is 22.5. The summed E-state index contributed by atoms with van der Waals surface area (Å²) in [7, 11) is 1.86. The lowest BCUT2D eigenvalue weighted by Crippen LogP contribution is -2.43. The molecule has 7 nitrogen and oxygen atoms in total. The molecule has 1 aliphatic carbocycles. The van der Waals surface area contributed by atoms with Gasteiger partial charge in [-0.2, -0.15) is 5.26 Å². The standard InChI is InChI=1S/C16H17N5O2S/c1-21-13(19-20-15(21)24)8-16(6-10(7-16)9-17)11-3-2-4-12(5-11)23-14(18)22/h2-5,10H,6-8H2,1H3,(H2,18,22)(H,20,24)/t10-,16-. The van der Waals surface area contributed by atoms with Crippen LogP contribution >= 0.6 is 12.6 Å². The number of amides is 1. The molecule has 1 heterocycles. The van der Waals surface area contributed by atoms with Gasteiger partial charge in [-0.25, -0.2) is 4.79 Å². The highest BCUT2D eigenvalue weighted by Crippen LogP contribution is 2.50. The first kappa shape index (κ1) is 16.3. The number of primary amides is 1. The van der Waals surface area contributed by atoms with Crippen LogP contribution in [0.15, 0.2) is 29.4 Å². The fourth-order valence-corrected chi connectivity index (χ4v) is 3.43. The molecule has 0 unspecified atom stereocenters. The lowest BCUT2D eigenvalue weighted by molar-refractivity contribution is 0.178. The summed E-state index contributed by atoms with van der Waals surface area (Å²) in [5.74, 6) is 1.21. The summed E-state index contributed by atoms with van der Waals surface area (Å²) >= 11 is 4.26. The van der Waals surface area contributed by atoms with E-state index in [4.69, 9.17) is 10.5 Å². The predicted molar refractivity (Wildman–Crippen MR) is 88.6 cm³/mol. The maximum atomic E-state index is 11.0. The van der Waals surface area contributed by atoms with Gasteiger partial charge in [0, 0.05) is 24.8 Å². The Morgan fingerprint density at radius 1 is 1.54 bits per heavy atom. The zero-order chi connectivity index (χ0) is 17.3. The van der Waals surface area contributed by atoms with Crippen LogP contribution in [-0.2, 0) is 18.9 Å². The molecule has 2 aromatic rings. The lowest BCUT2D eigenvalue weighted by Gasteiger charge is -2.45. The molecule has 0 aliphatic heterocycles. The maximum absolute atomic E-state index is 11.0. The number of hydrogen-bond donors (Lipinski definition) is 2. The minimum absolute atomic E-state index is 0.00872. The van der Waals surface area contributed by atoms with Gasteiger partial charge in [0.1, 0.15) is 11.6 Å². The summed E-state index contributed by atoms with van der Waals surface area (Å²) in [5.41, 5.74) is 5.84. The zero-order valence-corrected chi connectivity index (χ0v) is 14.0. The third kappa shape index (κ3) is 2.95. The topological polar surface area (TPSA) is 107 Å². The molecule has 1 saturated carbocycles. The molecule has 1 aromatic heterocycles. The van der Waals surface area contributed by atoms with E-state index in [1.807, 2.05) is 23.7 Å². The van der Waals surface area contributed by atoms with Gasteiger partial charge < -0.3 is 15.0 Å². The third-order valence-electron chi connectivity index (χ3n) is 4.56. The van der Waals surface area contributed by atoms with E-state index in [0.29, 0.717) is 17.3 Å². The number of aromatic nitrogens is 3. The highest BCUT2D eigenvalue weighted by Gasteiger charge is 2.46. The van der Waals surface area contributed by atoms with Gasteiger partial charge in [-0.3, -0.25) is 0 Å². The van der Waals surface area contributed by atoms with E-state index in [0.717, 1.165) is 24.2 Å². The van der Waals surface area contributed by atoms with E-state index < -0.39 is 6.09 Å². The number of hydrogen-bond acceptors (Lipinski definition) is 6. The second-order valence-corrected chi connectivity index (χ2v) is 6.52. The second kappa shape index (κ2) is 6.17. The number of nitrogens with zero attached hydrogens (tertiary/aromatic N) is 4. The zero-order valence-electron chi connectivity index (χ0n) is 13.1. The van der Waals surface area contributed by atoms with Crippen LogP contribution in [0.3, 0.4) is 0 Å². The molecule has 1 aliphatic rings. The van der Waals surface area contributed by atoms with Crippen LogP contribution in [-0.4, -0.2) is 20.9 Å². The van der Waals surface area contributed by atoms with Crippen LogP contribution < -0.4 is 10.5 Å². The molecule has 1 fully saturated rings. The minimum atomic E-state index is -0.849. The summed E-state index contributed by atoms with van der Waals surface area (Å²) in [6, 6.07) is 9.58.